The zero-order valence-corrected chi connectivity index (χ0v) is 16.3. The number of halogens is 1. The molecule has 0 saturated carbocycles. The Morgan fingerprint density at radius 2 is 1.62 bits per heavy atom. The van der Waals surface area contributed by atoms with Crippen molar-refractivity contribution < 1.29 is 4.39 Å². The van der Waals surface area contributed by atoms with Crippen molar-refractivity contribution in [3.05, 3.63) is 83.3 Å². The summed E-state index contributed by atoms with van der Waals surface area (Å²) in [6.45, 7) is 4.63. The third-order valence-corrected chi connectivity index (χ3v) is 5.42. The Hall–Kier alpha value is -3.30. The number of anilines is 2. The number of nitriles is 1. The van der Waals surface area contributed by atoms with E-state index in [9.17, 15) is 9.65 Å². The van der Waals surface area contributed by atoms with Gasteiger partial charge in [0.2, 0.25) is 0 Å². The molecular formula is C23H24FN5. The minimum atomic E-state index is -0.276. The number of rotatable bonds is 5. The molecule has 1 aliphatic heterocycles. The van der Waals surface area contributed by atoms with Gasteiger partial charge in [-0.05, 0) is 17.7 Å². The summed E-state index contributed by atoms with van der Waals surface area (Å²) in [5, 5.41) is 9.56. The molecule has 3 aromatic rings. The Morgan fingerprint density at radius 3 is 2.31 bits per heavy atom. The molecule has 0 bridgehead atoms. The first kappa shape index (κ1) is 19.0. The first-order chi connectivity index (χ1) is 14.2. The standard InChI is InChI=1S/C23H24FN5/c24-21-9-5-4-8-19(21)17-29-20(15-25)14-22(26)23(29)28-12-10-27(11-13-28)16-18-6-2-1-3-7-18/h1-9,14H,10-13,16-17,26H2. The van der Waals surface area contributed by atoms with Crippen LogP contribution in [-0.4, -0.2) is 35.6 Å². The van der Waals surface area contributed by atoms with Crippen LogP contribution < -0.4 is 10.6 Å². The van der Waals surface area contributed by atoms with Gasteiger partial charge in [-0.1, -0.05) is 48.5 Å². The molecule has 1 saturated heterocycles. The Morgan fingerprint density at radius 1 is 0.931 bits per heavy atom. The average molecular weight is 389 g/mol. The number of hydrogen-bond acceptors (Lipinski definition) is 4. The number of hydrogen-bond donors (Lipinski definition) is 1. The second kappa shape index (κ2) is 8.38. The molecule has 5 nitrogen and oxygen atoms in total. The monoisotopic (exact) mass is 389 g/mol. The topological polar surface area (TPSA) is 61.2 Å². The van der Waals surface area contributed by atoms with Crippen LogP contribution >= 0.6 is 0 Å². The first-order valence-corrected chi connectivity index (χ1v) is 9.79. The van der Waals surface area contributed by atoms with E-state index in [1.54, 1.807) is 24.3 Å². The Balaban J connectivity index is 1.52. The molecular weight excluding hydrogens is 365 g/mol. The molecule has 4 rings (SSSR count). The molecule has 2 heterocycles. The fraction of sp³-hybridized carbons (Fsp3) is 0.261. The van der Waals surface area contributed by atoms with Crippen molar-refractivity contribution in [2.24, 2.45) is 0 Å². The highest BCUT2D eigenvalue weighted by molar-refractivity contribution is 5.68. The van der Waals surface area contributed by atoms with Crippen molar-refractivity contribution >= 4 is 11.5 Å². The van der Waals surface area contributed by atoms with Gasteiger partial charge in [0.15, 0.2) is 0 Å². The van der Waals surface area contributed by atoms with Gasteiger partial charge in [0.05, 0.1) is 12.2 Å². The number of benzene rings is 2. The van der Waals surface area contributed by atoms with Gasteiger partial charge in [-0.15, -0.1) is 0 Å². The van der Waals surface area contributed by atoms with Crippen molar-refractivity contribution in [2.75, 3.05) is 36.8 Å². The molecule has 0 unspecified atom stereocenters. The summed E-state index contributed by atoms with van der Waals surface area (Å²) in [6.07, 6.45) is 0. The van der Waals surface area contributed by atoms with Crippen LogP contribution in [0.1, 0.15) is 16.8 Å². The molecule has 2 aromatic carbocycles. The van der Waals surface area contributed by atoms with Crippen LogP contribution in [0.15, 0.2) is 60.7 Å². The van der Waals surface area contributed by atoms with Crippen molar-refractivity contribution in [1.82, 2.24) is 9.47 Å². The van der Waals surface area contributed by atoms with E-state index in [1.807, 2.05) is 10.6 Å². The zero-order chi connectivity index (χ0) is 20.2. The molecule has 148 valence electrons. The maximum Gasteiger partial charge on any atom is 0.133 e. The summed E-state index contributed by atoms with van der Waals surface area (Å²) in [7, 11) is 0. The maximum absolute atomic E-state index is 14.2. The highest BCUT2D eigenvalue weighted by Gasteiger charge is 2.24. The fourth-order valence-corrected chi connectivity index (χ4v) is 3.92. The van der Waals surface area contributed by atoms with Gasteiger partial charge >= 0.3 is 0 Å². The lowest BCUT2D eigenvalue weighted by Gasteiger charge is -2.36. The van der Waals surface area contributed by atoms with Crippen molar-refractivity contribution in [1.29, 1.82) is 5.26 Å². The summed E-state index contributed by atoms with van der Waals surface area (Å²) < 4.78 is 16.0. The minimum absolute atomic E-state index is 0.276. The van der Waals surface area contributed by atoms with E-state index in [-0.39, 0.29) is 12.4 Å². The zero-order valence-electron chi connectivity index (χ0n) is 16.3. The van der Waals surface area contributed by atoms with Gasteiger partial charge in [-0.3, -0.25) is 4.90 Å². The predicted octanol–water partition coefficient (Wildman–Crippen LogP) is 3.45. The SMILES string of the molecule is N#Cc1cc(N)c(N2CCN(Cc3ccccc3)CC2)n1Cc1ccccc1F. The van der Waals surface area contributed by atoms with E-state index >= 15 is 0 Å². The molecule has 0 radical (unpaired) electrons. The van der Waals surface area contributed by atoms with Crippen LogP contribution in [0, 0.1) is 17.1 Å². The van der Waals surface area contributed by atoms with Crippen LogP contribution in [0.4, 0.5) is 15.9 Å². The first-order valence-electron chi connectivity index (χ1n) is 9.79. The molecule has 1 fully saturated rings. The summed E-state index contributed by atoms with van der Waals surface area (Å²) in [4.78, 5) is 4.62. The summed E-state index contributed by atoms with van der Waals surface area (Å²) in [5.41, 5.74) is 9.14. The second-order valence-electron chi connectivity index (χ2n) is 7.35. The lowest BCUT2D eigenvalue weighted by atomic mass is 10.2. The van der Waals surface area contributed by atoms with E-state index in [0.717, 1.165) is 38.5 Å². The van der Waals surface area contributed by atoms with Crippen LogP contribution in [0.2, 0.25) is 0 Å². The third-order valence-electron chi connectivity index (χ3n) is 5.42. The van der Waals surface area contributed by atoms with Gasteiger partial charge in [0, 0.05) is 38.3 Å². The number of nitrogens with two attached hydrogens (primary N) is 1. The molecule has 6 heteroatoms. The predicted molar refractivity (Wildman–Crippen MR) is 113 cm³/mol. The van der Waals surface area contributed by atoms with E-state index in [4.69, 9.17) is 5.73 Å². The smallest absolute Gasteiger partial charge is 0.133 e. The quantitative estimate of drug-likeness (QED) is 0.726. The minimum Gasteiger partial charge on any atom is -0.396 e. The van der Waals surface area contributed by atoms with Crippen molar-refractivity contribution in [3.63, 3.8) is 0 Å². The van der Waals surface area contributed by atoms with Gasteiger partial charge in [-0.25, -0.2) is 4.39 Å². The molecule has 0 aliphatic carbocycles. The molecule has 0 spiro atoms. The molecule has 1 aliphatic rings. The Kier molecular flexibility index (Phi) is 5.50. The van der Waals surface area contributed by atoms with Gasteiger partial charge in [-0.2, -0.15) is 5.26 Å². The van der Waals surface area contributed by atoms with Gasteiger partial charge in [0.25, 0.3) is 0 Å². The van der Waals surface area contributed by atoms with Crippen molar-refractivity contribution in [3.8, 4) is 6.07 Å². The van der Waals surface area contributed by atoms with E-state index in [1.165, 1.54) is 11.6 Å². The van der Waals surface area contributed by atoms with Gasteiger partial charge in [0.1, 0.15) is 23.4 Å². The summed E-state index contributed by atoms with van der Waals surface area (Å²) in [5.74, 6) is 0.534. The van der Waals surface area contributed by atoms with Crippen LogP contribution in [0.5, 0.6) is 0 Å². The Labute approximate surface area is 170 Å². The van der Waals surface area contributed by atoms with E-state index in [2.05, 4.69) is 40.1 Å². The lowest BCUT2D eigenvalue weighted by Crippen LogP contribution is -2.46. The molecule has 0 atom stereocenters. The van der Waals surface area contributed by atoms with E-state index in [0.29, 0.717) is 16.9 Å². The lowest BCUT2D eigenvalue weighted by molar-refractivity contribution is 0.249. The molecule has 2 N–H and O–H groups in total. The van der Waals surface area contributed by atoms with E-state index < -0.39 is 0 Å². The summed E-state index contributed by atoms with van der Waals surface area (Å²) in [6, 6.07) is 21.0. The largest absolute Gasteiger partial charge is 0.396 e. The maximum atomic E-state index is 14.2. The van der Waals surface area contributed by atoms with Crippen LogP contribution in [0.25, 0.3) is 0 Å². The Bertz CT molecular complexity index is 1010. The molecule has 0 amide bonds. The summed E-state index contributed by atoms with van der Waals surface area (Å²) >= 11 is 0. The number of piperazine rings is 1. The van der Waals surface area contributed by atoms with Crippen LogP contribution in [-0.2, 0) is 13.1 Å². The third kappa shape index (κ3) is 4.10. The number of nitrogen functional groups attached to an aromatic ring is 1. The molecule has 1 aromatic heterocycles. The average Bonchev–Trinajstić information content (AvgIpc) is 3.06. The normalized spacial score (nSPS) is 14.7. The van der Waals surface area contributed by atoms with Gasteiger partial charge < -0.3 is 15.2 Å². The van der Waals surface area contributed by atoms with Crippen LogP contribution in [0.3, 0.4) is 0 Å². The van der Waals surface area contributed by atoms with Crippen molar-refractivity contribution in [2.45, 2.75) is 13.1 Å². The highest BCUT2D eigenvalue weighted by atomic mass is 19.1. The number of aromatic nitrogens is 1. The second-order valence-corrected chi connectivity index (χ2v) is 7.35. The molecule has 29 heavy (non-hydrogen) atoms. The number of nitrogens with zero attached hydrogens (tertiary/aromatic N) is 4. The fourth-order valence-electron chi connectivity index (χ4n) is 3.92. The highest BCUT2D eigenvalue weighted by Crippen LogP contribution is 2.30.